The minimum absolute atomic E-state index is 0.0689. The summed E-state index contributed by atoms with van der Waals surface area (Å²) >= 11 is 0. The fourth-order valence-corrected chi connectivity index (χ4v) is 5.32. The number of hydrogen-bond donors (Lipinski definition) is 1. The van der Waals surface area contributed by atoms with Crippen molar-refractivity contribution in [1.82, 2.24) is 0 Å². The maximum atomic E-state index is 6.60. The second-order valence-electron chi connectivity index (χ2n) is 8.44. The molecule has 7 nitrogen and oxygen atoms in total. The normalized spacial score (nSPS) is 24.5. The molecular formula is C24H30NO6+. The van der Waals surface area contributed by atoms with Crippen molar-refractivity contribution in [3.63, 3.8) is 0 Å². The average molecular weight is 429 g/mol. The molecule has 0 unspecified atom stereocenters. The first-order chi connectivity index (χ1) is 15.1. The van der Waals surface area contributed by atoms with Gasteiger partial charge in [0.05, 0.1) is 40.3 Å². The third-order valence-electron chi connectivity index (χ3n) is 6.79. The molecule has 0 amide bonds. The van der Waals surface area contributed by atoms with Crippen molar-refractivity contribution >= 4 is 0 Å². The van der Waals surface area contributed by atoms with E-state index in [0.29, 0.717) is 17.2 Å². The summed E-state index contributed by atoms with van der Waals surface area (Å²) in [6.45, 7) is 4.79. The zero-order valence-corrected chi connectivity index (χ0v) is 18.5. The van der Waals surface area contributed by atoms with Gasteiger partial charge in [0.25, 0.3) is 0 Å². The van der Waals surface area contributed by atoms with E-state index in [1.807, 2.05) is 6.07 Å². The zero-order valence-electron chi connectivity index (χ0n) is 18.5. The summed E-state index contributed by atoms with van der Waals surface area (Å²) in [5, 5.41) is 0. The lowest BCUT2D eigenvalue weighted by Crippen LogP contribution is -3.16. The van der Waals surface area contributed by atoms with Crippen molar-refractivity contribution in [3.8, 4) is 34.5 Å². The zero-order chi connectivity index (χ0) is 21.5. The molecule has 3 atom stereocenters. The molecule has 1 fully saturated rings. The number of likely N-dealkylation sites (tertiary alicyclic amines) is 1. The van der Waals surface area contributed by atoms with E-state index >= 15 is 0 Å². The van der Waals surface area contributed by atoms with Crippen LogP contribution in [0.25, 0.3) is 0 Å². The van der Waals surface area contributed by atoms with Crippen LogP contribution in [0.1, 0.15) is 36.8 Å². The van der Waals surface area contributed by atoms with Gasteiger partial charge in [-0.15, -0.1) is 0 Å². The summed E-state index contributed by atoms with van der Waals surface area (Å²) in [5.74, 6) is 4.61. The van der Waals surface area contributed by atoms with Gasteiger partial charge in [-0.2, -0.15) is 0 Å². The molecule has 0 aromatic heterocycles. The molecule has 7 heteroatoms. The smallest absolute Gasteiger partial charge is 0.235 e. The number of benzene rings is 2. The Morgan fingerprint density at radius 1 is 0.839 bits per heavy atom. The number of fused-ring (bicyclic) bond motifs is 2. The first-order valence-electron chi connectivity index (χ1n) is 10.9. The van der Waals surface area contributed by atoms with Gasteiger partial charge in [0.15, 0.2) is 23.0 Å². The maximum Gasteiger partial charge on any atom is 0.235 e. The minimum Gasteiger partial charge on any atom is -0.493 e. The standard InChI is InChI=1S/C24H29NO6/c1-14-22(15-9-20(26-2)23(28-4)21(10-15)27-3)16-11-18-19(30-13-29-18)12-17(16)31-24(14)25-7-5-6-8-25/h9-12,14,22,24H,5-8,13H2,1-4H3/p+1/t14-,22-,24-/m0/s1. The fourth-order valence-electron chi connectivity index (χ4n) is 5.32. The molecule has 5 rings (SSSR count). The third kappa shape index (κ3) is 3.31. The number of hydrogen-bond acceptors (Lipinski definition) is 6. The molecule has 31 heavy (non-hydrogen) atoms. The highest BCUT2D eigenvalue weighted by molar-refractivity contribution is 5.59. The van der Waals surface area contributed by atoms with Gasteiger partial charge < -0.3 is 28.4 Å². The Morgan fingerprint density at radius 3 is 2.10 bits per heavy atom. The largest absolute Gasteiger partial charge is 0.493 e. The van der Waals surface area contributed by atoms with Crippen LogP contribution in [0.2, 0.25) is 0 Å². The van der Waals surface area contributed by atoms with E-state index in [0.717, 1.165) is 41.5 Å². The van der Waals surface area contributed by atoms with E-state index in [2.05, 4.69) is 25.1 Å². The Kier molecular flexibility index (Phi) is 5.22. The molecule has 0 aliphatic carbocycles. The van der Waals surface area contributed by atoms with E-state index in [-0.39, 0.29) is 24.9 Å². The number of rotatable bonds is 5. The van der Waals surface area contributed by atoms with Crippen molar-refractivity contribution in [1.29, 1.82) is 0 Å². The van der Waals surface area contributed by atoms with Crippen LogP contribution < -0.4 is 33.3 Å². The van der Waals surface area contributed by atoms with Crippen LogP contribution in [0.5, 0.6) is 34.5 Å². The second kappa shape index (κ2) is 8.04. The molecule has 3 aliphatic heterocycles. The number of quaternary nitrogens is 1. The van der Waals surface area contributed by atoms with E-state index in [1.165, 1.54) is 17.7 Å². The summed E-state index contributed by atoms with van der Waals surface area (Å²) < 4.78 is 34.8. The SMILES string of the molecule is COc1cc([C@H]2c3cc4c(cc3O[C@H]([NH+]3CCCC3)[C@H]2C)OCO4)cc(OC)c1OC. The fraction of sp³-hybridized carbons (Fsp3) is 0.500. The summed E-state index contributed by atoms with van der Waals surface area (Å²) in [6, 6.07) is 8.16. The molecular weight excluding hydrogens is 398 g/mol. The lowest BCUT2D eigenvalue weighted by atomic mass is 9.78. The van der Waals surface area contributed by atoms with Gasteiger partial charge in [-0.25, -0.2) is 0 Å². The first kappa shape index (κ1) is 20.1. The Bertz CT molecular complexity index is 946. The molecule has 0 saturated carbocycles. The molecule has 3 aliphatic rings. The van der Waals surface area contributed by atoms with Gasteiger partial charge in [-0.05, 0) is 23.8 Å². The van der Waals surface area contributed by atoms with Crippen molar-refractivity contribution in [2.24, 2.45) is 5.92 Å². The molecule has 0 radical (unpaired) electrons. The van der Waals surface area contributed by atoms with Gasteiger partial charge in [0, 0.05) is 30.4 Å². The first-order valence-corrected chi connectivity index (χ1v) is 10.9. The highest BCUT2D eigenvalue weighted by Crippen LogP contribution is 2.50. The third-order valence-corrected chi connectivity index (χ3v) is 6.79. The molecule has 2 aromatic carbocycles. The number of methoxy groups -OCH3 is 3. The van der Waals surface area contributed by atoms with Crippen LogP contribution in [0.3, 0.4) is 0 Å². The predicted octanol–water partition coefficient (Wildman–Crippen LogP) is 2.61. The predicted molar refractivity (Wildman–Crippen MR) is 114 cm³/mol. The average Bonchev–Trinajstić information content (AvgIpc) is 3.48. The van der Waals surface area contributed by atoms with Crippen LogP contribution in [0.4, 0.5) is 0 Å². The van der Waals surface area contributed by atoms with Gasteiger partial charge in [0.1, 0.15) is 5.75 Å². The van der Waals surface area contributed by atoms with Crippen LogP contribution in [-0.4, -0.2) is 47.4 Å². The quantitative estimate of drug-likeness (QED) is 0.790. The maximum absolute atomic E-state index is 6.60. The summed E-state index contributed by atoms with van der Waals surface area (Å²) in [7, 11) is 4.93. The minimum atomic E-state index is 0.0689. The highest BCUT2D eigenvalue weighted by Gasteiger charge is 2.44. The van der Waals surface area contributed by atoms with Crippen molar-refractivity contribution in [2.45, 2.75) is 31.9 Å². The summed E-state index contributed by atoms with van der Waals surface area (Å²) in [5.41, 5.74) is 2.20. The van der Waals surface area contributed by atoms with Crippen molar-refractivity contribution in [2.75, 3.05) is 41.2 Å². The lowest BCUT2D eigenvalue weighted by Gasteiger charge is -2.40. The van der Waals surface area contributed by atoms with E-state index in [4.69, 9.17) is 28.4 Å². The topological polar surface area (TPSA) is 59.8 Å². The van der Waals surface area contributed by atoms with Crippen LogP contribution in [0.15, 0.2) is 24.3 Å². The summed E-state index contributed by atoms with van der Waals surface area (Å²) in [6.07, 6.45) is 2.55. The monoisotopic (exact) mass is 428 g/mol. The van der Waals surface area contributed by atoms with Crippen molar-refractivity contribution < 1.29 is 33.3 Å². The molecule has 0 bridgehead atoms. The van der Waals surface area contributed by atoms with Gasteiger partial charge in [-0.3, -0.25) is 4.90 Å². The van der Waals surface area contributed by atoms with E-state index in [1.54, 1.807) is 21.3 Å². The lowest BCUT2D eigenvalue weighted by molar-refractivity contribution is -0.937. The molecule has 166 valence electrons. The second-order valence-corrected chi connectivity index (χ2v) is 8.44. The van der Waals surface area contributed by atoms with Crippen LogP contribution in [-0.2, 0) is 0 Å². The molecule has 1 saturated heterocycles. The van der Waals surface area contributed by atoms with Crippen LogP contribution in [0, 0.1) is 5.92 Å². The molecule has 1 N–H and O–H groups in total. The Morgan fingerprint density at radius 2 is 1.48 bits per heavy atom. The van der Waals surface area contributed by atoms with Crippen LogP contribution >= 0.6 is 0 Å². The molecule has 2 aromatic rings. The van der Waals surface area contributed by atoms with Gasteiger partial charge in [0.2, 0.25) is 18.8 Å². The Balaban J connectivity index is 1.66. The van der Waals surface area contributed by atoms with Gasteiger partial charge >= 0.3 is 0 Å². The number of nitrogens with one attached hydrogen (secondary N) is 1. The van der Waals surface area contributed by atoms with E-state index in [9.17, 15) is 0 Å². The molecule has 0 spiro atoms. The Hall–Kier alpha value is -2.80. The van der Waals surface area contributed by atoms with Crippen molar-refractivity contribution in [3.05, 3.63) is 35.4 Å². The Labute approximate surface area is 182 Å². The summed E-state index contributed by atoms with van der Waals surface area (Å²) in [4.78, 5) is 1.51. The highest BCUT2D eigenvalue weighted by atomic mass is 16.7. The van der Waals surface area contributed by atoms with E-state index < -0.39 is 0 Å². The molecule has 3 heterocycles. The van der Waals surface area contributed by atoms with Gasteiger partial charge in [-0.1, -0.05) is 6.92 Å². The number of ether oxygens (including phenoxy) is 6.